The Labute approximate surface area is 206 Å². The molecule has 0 saturated carbocycles. The van der Waals surface area contributed by atoms with E-state index in [-0.39, 0.29) is 0 Å². The summed E-state index contributed by atoms with van der Waals surface area (Å²) in [5, 5.41) is 7.21. The highest BCUT2D eigenvalue weighted by atomic mass is 16.5. The Kier molecular flexibility index (Phi) is 6.17. The minimum absolute atomic E-state index is 0.546. The first-order valence-corrected chi connectivity index (χ1v) is 12.7. The van der Waals surface area contributed by atoms with Gasteiger partial charge >= 0.3 is 0 Å². The van der Waals surface area contributed by atoms with E-state index in [4.69, 9.17) is 9.72 Å². The molecule has 3 heteroatoms. The highest BCUT2D eigenvalue weighted by molar-refractivity contribution is 5.96. The van der Waals surface area contributed by atoms with Gasteiger partial charge in [0, 0.05) is 23.2 Å². The van der Waals surface area contributed by atoms with Crippen LogP contribution in [0.2, 0.25) is 0 Å². The molecule has 2 heterocycles. The zero-order valence-corrected chi connectivity index (χ0v) is 19.9. The van der Waals surface area contributed by atoms with Crippen molar-refractivity contribution in [3.8, 4) is 28.0 Å². The average molecular weight is 459 g/mol. The molecule has 4 aromatic carbocycles. The lowest BCUT2D eigenvalue weighted by atomic mass is 9.98. The van der Waals surface area contributed by atoms with Gasteiger partial charge in [0.25, 0.3) is 0 Å². The quantitative estimate of drug-likeness (QED) is 0.284. The standard InChI is InChI=1S/C32H30N2O/c1-2-9-24(10-3-1)30-22-34-31-16-15-27(26-14-13-23-8-4-5-11-25(23)20-26)21-29(31)32(30)35-19-17-28-12-6-7-18-33-28/h1-5,8-11,13-16,20-22,28,33H,6-7,12,17-19H2. The molecule has 0 radical (unpaired) electrons. The van der Waals surface area contributed by atoms with E-state index >= 15 is 0 Å². The fourth-order valence-corrected chi connectivity index (χ4v) is 5.17. The third-order valence-corrected chi connectivity index (χ3v) is 7.11. The molecular formula is C32H30N2O. The second kappa shape index (κ2) is 9.89. The maximum Gasteiger partial charge on any atom is 0.138 e. The van der Waals surface area contributed by atoms with Crippen molar-refractivity contribution in [1.82, 2.24) is 10.3 Å². The molecule has 1 N–H and O–H groups in total. The van der Waals surface area contributed by atoms with Crippen molar-refractivity contribution in [3.63, 3.8) is 0 Å². The molecule has 174 valence electrons. The molecular weight excluding hydrogens is 428 g/mol. The second-order valence-corrected chi connectivity index (χ2v) is 9.44. The molecule has 5 aromatic rings. The molecule has 1 fully saturated rings. The minimum Gasteiger partial charge on any atom is -0.492 e. The van der Waals surface area contributed by atoms with Gasteiger partial charge in [-0.25, -0.2) is 0 Å². The predicted molar refractivity (Wildman–Crippen MR) is 146 cm³/mol. The average Bonchev–Trinajstić information content (AvgIpc) is 2.93. The van der Waals surface area contributed by atoms with Crippen LogP contribution in [0, 0.1) is 0 Å². The van der Waals surface area contributed by atoms with Gasteiger partial charge < -0.3 is 10.1 Å². The molecule has 0 amide bonds. The fraction of sp³-hybridized carbons (Fsp3) is 0.219. The summed E-state index contributed by atoms with van der Waals surface area (Å²) < 4.78 is 6.59. The zero-order chi connectivity index (χ0) is 23.5. The number of pyridine rings is 1. The molecule has 1 atom stereocenters. The highest BCUT2D eigenvalue weighted by Crippen LogP contribution is 2.38. The van der Waals surface area contributed by atoms with Crippen LogP contribution < -0.4 is 10.1 Å². The van der Waals surface area contributed by atoms with Crippen LogP contribution in [0.1, 0.15) is 25.7 Å². The monoisotopic (exact) mass is 458 g/mol. The molecule has 35 heavy (non-hydrogen) atoms. The van der Waals surface area contributed by atoms with E-state index in [0.717, 1.165) is 40.7 Å². The van der Waals surface area contributed by atoms with Crippen LogP contribution in [-0.4, -0.2) is 24.2 Å². The van der Waals surface area contributed by atoms with Crippen LogP contribution in [0.3, 0.4) is 0 Å². The van der Waals surface area contributed by atoms with Gasteiger partial charge in [0.15, 0.2) is 0 Å². The molecule has 1 aliphatic rings. The van der Waals surface area contributed by atoms with Gasteiger partial charge in [0.1, 0.15) is 5.75 Å². The van der Waals surface area contributed by atoms with E-state index in [1.54, 1.807) is 0 Å². The Balaban J connectivity index is 1.41. The van der Waals surface area contributed by atoms with Crippen molar-refractivity contribution in [2.24, 2.45) is 0 Å². The second-order valence-electron chi connectivity index (χ2n) is 9.44. The fourth-order valence-electron chi connectivity index (χ4n) is 5.17. The molecule has 0 aliphatic carbocycles. The molecule has 3 nitrogen and oxygen atoms in total. The Morgan fingerprint density at radius 3 is 2.43 bits per heavy atom. The maximum atomic E-state index is 6.59. The molecule has 6 rings (SSSR count). The normalized spacial score (nSPS) is 15.9. The van der Waals surface area contributed by atoms with Gasteiger partial charge in [-0.1, -0.05) is 79.2 Å². The van der Waals surface area contributed by atoms with Crippen molar-refractivity contribution in [1.29, 1.82) is 0 Å². The Hall–Kier alpha value is -3.69. The number of benzene rings is 4. The summed E-state index contributed by atoms with van der Waals surface area (Å²) in [6, 6.07) is 32.7. The largest absolute Gasteiger partial charge is 0.492 e. The van der Waals surface area contributed by atoms with E-state index in [1.807, 2.05) is 12.3 Å². The van der Waals surface area contributed by atoms with Crippen molar-refractivity contribution in [2.45, 2.75) is 31.7 Å². The summed E-state index contributed by atoms with van der Waals surface area (Å²) in [4.78, 5) is 4.81. The lowest BCUT2D eigenvalue weighted by Gasteiger charge is -2.24. The van der Waals surface area contributed by atoms with Gasteiger partial charge in [-0.3, -0.25) is 4.98 Å². The van der Waals surface area contributed by atoms with E-state index in [9.17, 15) is 0 Å². The predicted octanol–water partition coefficient (Wildman–Crippen LogP) is 7.63. The Morgan fingerprint density at radius 2 is 1.57 bits per heavy atom. The number of nitrogens with one attached hydrogen (secondary N) is 1. The zero-order valence-electron chi connectivity index (χ0n) is 19.9. The number of rotatable bonds is 6. The Bertz CT molecular complexity index is 1460. The lowest BCUT2D eigenvalue weighted by molar-refractivity contribution is 0.271. The van der Waals surface area contributed by atoms with Gasteiger partial charge in [0.2, 0.25) is 0 Å². The third-order valence-electron chi connectivity index (χ3n) is 7.11. The number of hydrogen-bond acceptors (Lipinski definition) is 3. The maximum absolute atomic E-state index is 6.59. The minimum atomic E-state index is 0.546. The van der Waals surface area contributed by atoms with Gasteiger partial charge in [-0.2, -0.15) is 0 Å². The van der Waals surface area contributed by atoms with Crippen LogP contribution >= 0.6 is 0 Å². The van der Waals surface area contributed by atoms with Crippen molar-refractivity contribution >= 4 is 21.7 Å². The van der Waals surface area contributed by atoms with E-state index in [2.05, 4.69) is 90.2 Å². The smallest absolute Gasteiger partial charge is 0.138 e. The summed E-state index contributed by atoms with van der Waals surface area (Å²) in [5.41, 5.74) is 5.51. The molecule has 1 unspecified atom stereocenters. The van der Waals surface area contributed by atoms with Gasteiger partial charge in [0.05, 0.1) is 12.1 Å². The summed E-state index contributed by atoms with van der Waals surface area (Å²) in [6.45, 7) is 1.81. The van der Waals surface area contributed by atoms with Gasteiger partial charge in [-0.05, 0) is 71.5 Å². The summed E-state index contributed by atoms with van der Waals surface area (Å²) in [5.74, 6) is 0.930. The number of hydrogen-bond donors (Lipinski definition) is 1. The van der Waals surface area contributed by atoms with E-state index in [0.29, 0.717) is 12.6 Å². The van der Waals surface area contributed by atoms with Crippen molar-refractivity contribution in [3.05, 3.63) is 97.2 Å². The first kappa shape index (κ1) is 21.8. The Morgan fingerprint density at radius 1 is 0.771 bits per heavy atom. The first-order valence-electron chi connectivity index (χ1n) is 12.7. The number of ether oxygens (including phenoxy) is 1. The number of fused-ring (bicyclic) bond motifs is 2. The summed E-state index contributed by atoms with van der Waals surface area (Å²) in [6.07, 6.45) is 6.80. The molecule has 0 spiro atoms. The lowest BCUT2D eigenvalue weighted by Crippen LogP contribution is -2.35. The van der Waals surface area contributed by atoms with Crippen LogP contribution in [0.25, 0.3) is 43.9 Å². The molecule has 0 bridgehead atoms. The van der Waals surface area contributed by atoms with Crippen LogP contribution in [0.5, 0.6) is 5.75 Å². The highest BCUT2D eigenvalue weighted by Gasteiger charge is 2.16. The SMILES string of the molecule is c1ccc(-c2cnc3ccc(-c4ccc5ccccc5c4)cc3c2OCCC2CCCCN2)cc1. The van der Waals surface area contributed by atoms with E-state index in [1.165, 1.54) is 41.2 Å². The molecule has 1 saturated heterocycles. The number of nitrogens with zero attached hydrogens (tertiary/aromatic N) is 1. The molecule has 1 aromatic heterocycles. The first-order chi connectivity index (χ1) is 17.3. The van der Waals surface area contributed by atoms with Crippen molar-refractivity contribution in [2.75, 3.05) is 13.2 Å². The topological polar surface area (TPSA) is 34.1 Å². The number of piperidine rings is 1. The number of aromatic nitrogens is 1. The summed E-state index contributed by atoms with van der Waals surface area (Å²) >= 11 is 0. The van der Waals surface area contributed by atoms with Crippen LogP contribution in [0.4, 0.5) is 0 Å². The third kappa shape index (κ3) is 4.65. The van der Waals surface area contributed by atoms with Crippen molar-refractivity contribution < 1.29 is 4.74 Å². The molecule has 1 aliphatic heterocycles. The van der Waals surface area contributed by atoms with Crippen LogP contribution in [-0.2, 0) is 0 Å². The van der Waals surface area contributed by atoms with Gasteiger partial charge in [-0.15, -0.1) is 0 Å². The van der Waals surface area contributed by atoms with E-state index < -0.39 is 0 Å². The van der Waals surface area contributed by atoms with Crippen LogP contribution in [0.15, 0.2) is 97.2 Å². The summed E-state index contributed by atoms with van der Waals surface area (Å²) in [7, 11) is 0.